The molecule has 0 unspecified atom stereocenters. The lowest BCUT2D eigenvalue weighted by Gasteiger charge is -2.21. The van der Waals surface area contributed by atoms with Gasteiger partial charge >= 0.3 is 0 Å². The lowest BCUT2D eigenvalue weighted by molar-refractivity contribution is -0.132. The first-order chi connectivity index (χ1) is 13.9. The highest BCUT2D eigenvalue weighted by molar-refractivity contribution is 5.85. The third kappa shape index (κ3) is 4.60. The normalized spacial score (nSPS) is 21.2. The SMILES string of the molecule is COc1cc([C@@H]2CN(C(=O)C3CC3)C[C@H]2C(=O)NCC(C)C)cc(OC)c1OC. The second-order valence-electron chi connectivity index (χ2n) is 8.33. The first-order valence-electron chi connectivity index (χ1n) is 10.3. The van der Waals surface area contributed by atoms with E-state index in [4.69, 9.17) is 14.2 Å². The molecule has 0 spiro atoms. The summed E-state index contributed by atoms with van der Waals surface area (Å²) >= 11 is 0. The number of ether oxygens (including phenoxy) is 3. The van der Waals surface area contributed by atoms with Gasteiger partial charge in [-0.05, 0) is 36.5 Å². The number of benzene rings is 1. The van der Waals surface area contributed by atoms with Gasteiger partial charge in [-0.25, -0.2) is 0 Å². The summed E-state index contributed by atoms with van der Waals surface area (Å²) in [5.74, 6) is 1.84. The summed E-state index contributed by atoms with van der Waals surface area (Å²) in [4.78, 5) is 27.5. The third-order valence-electron chi connectivity index (χ3n) is 5.69. The molecule has 1 heterocycles. The van der Waals surface area contributed by atoms with E-state index in [2.05, 4.69) is 19.2 Å². The van der Waals surface area contributed by atoms with Crippen molar-refractivity contribution in [2.24, 2.45) is 17.8 Å². The maximum atomic E-state index is 13.0. The zero-order valence-electron chi connectivity index (χ0n) is 18.0. The van der Waals surface area contributed by atoms with Crippen LogP contribution in [-0.4, -0.2) is 57.7 Å². The van der Waals surface area contributed by atoms with Crippen LogP contribution in [0.25, 0.3) is 0 Å². The van der Waals surface area contributed by atoms with Crippen LogP contribution in [0.1, 0.15) is 38.2 Å². The molecule has 1 saturated heterocycles. The molecule has 0 bridgehead atoms. The maximum absolute atomic E-state index is 13.0. The number of likely N-dealkylation sites (tertiary alicyclic amines) is 1. The van der Waals surface area contributed by atoms with Crippen LogP contribution in [0, 0.1) is 17.8 Å². The van der Waals surface area contributed by atoms with Gasteiger partial charge in [0.25, 0.3) is 0 Å². The summed E-state index contributed by atoms with van der Waals surface area (Å²) in [5.41, 5.74) is 0.912. The number of nitrogens with zero attached hydrogens (tertiary/aromatic N) is 1. The summed E-state index contributed by atoms with van der Waals surface area (Å²) in [6, 6.07) is 3.78. The number of rotatable bonds is 8. The molecule has 1 N–H and O–H groups in total. The minimum absolute atomic E-state index is 0.0106. The Bertz CT molecular complexity index is 735. The van der Waals surface area contributed by atoms with E-state index >= 15 is 0 Å². The Balaban J connectivity index is 1.92. The van der Waals surface area contributed by atoms with Crippen LogP contribution in [0.5, 0.6) is 17.2 Å². The zero-order valence-corrected chi connectivity index (χ0v) is 18.0. The van der Waals surface area contributed by atoms with Gasteiger partial charge < -0.3 is 24.4 Å². The van der Waals surface area contributed by atoms with Gasteiger partial charge in [0, 0.05) is 31.5 Å². The van der Waals surface area contributed by atoms with Crippen LogP contribution in [0.2, 0.25) is 0 Å². The van der Waals surface area contributed by atoms with Gasteiger partial charge in [-0.2, -0.15) is 0 Å². The van der Waals surface area contributed by atoms with Gasteiger partial charge in [0.15, 0.2) is 11.5 Å². The van der Waals surface area contributed by atoms with Gasteiger partial charge in [0.2, 0.25) is 17.6 Å². The summed E-state index contributed by atoms with van der Waals surface area (Å²) in [5, 5.41) is 3.04. The Morgan fingerprint density at radius 3 is 2.17 bits per heavy atom. The number of carbonyl (C=O) groups is 2. The van der Waals surface area contributed by atoms with Crippen LogP contribution in [0.4, 0.5) is 0 Å². The van der Waals surface area contributed by atoms with E-state index in [0.717, 1.165) is 18.4 Å². The van der Waals surface area contributed by atoms with Crippen LogP contribution in [0.15, 0.2) is 12.1 Å². The second kappa shape index (κ2) is 8.93. The van der Waals surface area contributed by atoms with E-state index in [-0.39, 0.29) is 29.6 Å². The predicted octanol–water partition coefficient (Wildman–Crippen LogP) is 2.44. The summed E-state index contributed by atoms with van der Waals surface area (Å²) < 4.78 is 16.4. The quantitative estimate of drug-likeness (QED) is 0.720. The minimum Gasteiger partial charge on any atom is -0.493 e. The molecule has 1 aliphatic heterocycles. The number of hydrogen-bond acceptors (Lipinski definition) is 5. The van der Waals surface area contributed by atoms with E-state index in [1.165, 1.54) is 0 Å². The summed E-state index contributed by atoms with van der Waals surface area (Å²) in [7, 11) is 4.71. The van der Waals surface area contributed by atoms with Crippen LogP contribution >= 0.6 is 0 Å². The van der Waals surface area contributed by atoms with E-state index < -0.39 is 0 Å². The third-order valence-corrected chi connectivity index (χ3v) is 5.69. The Hall–Kier alpha value is -2.44. The monoisotopic (exact) mass is 404 g/mol. The highest BCUT2D eigenvalue weighted by Gasteiger charge is 2.44. The molecule has 3 rings (SSSR count). The molecule has 2 fully saturated rings. The molecule has 0 radical (unpaired) electrons. The topological polar surface area (TPSA) is 77.1 Å². The number of carbonyl (C=O) groups excluding carboxylic acids is 2. The van der Waals surface area contributed by atoms with Crippen molar-refractivity contribution in [2.45, 2.75) is 32.6 Å². The van der Waals surface area contributed by atoms with Crippen molar-refractivity contribution in [3.05, 3.63) is 17.7 Å². The molecular formula is C22H32N2O5. The Morgan fingerprint density at radius 2 is 1.69 bits per heavy atom. The van der Waals surface area contributed by atoms with Crippen molar-refractivity contribution in [3.8, 4) is 17.2 Å². The van der Waals surface area contributed by atoms with Crippen molar-refractivity contribution in [2.75, 3.05) is 41.0 Å². The molecule has 7 heteroatoms. The van der Waals surface area contributed by atoms with Gasteiger partial charge in [-0.1, -0.05) is 13.8 Å². The zero-order chi connectivity index (χ0) is 21.1. The molecule has 2 aliphatic rings. The van der Waals surface area contributed by atoms with Crippen LogP contribution < -0.4 is 19.5 Å². The summed E-state index contributed by atoms with van der Waals surface area (Å²) in [6.45, 7) is 5.71. The molecule has 160 valence electrons. The van der Waals surface area contributed by atoms with Crippen molar-refractivity contribution in [1.29, 1.82) is 0 Å². The van der Waals surface area contributed by atoms with Crippen molar-refractivity contribution in [3.63, 3.8) is 0 Å². The molecule has 1 saturated carbocycles. The molecular weight excluding hydrogens is 372 g/mol. The molecule has 2 atom stereocenters. The van der Waals surface area contributed by atoms with Crippen molar-refractivity contribution in [1.82, 2.24) is 10.2 Å². The minimum atomic E-state index is -0.306. The summed E-state index contributed by atoms with van der Waals surface area (Å²) in [6.07, 6.45) is 1.91. The van der Waals surface area contributed by atoms with Crippen molar-refractivity contribution < 1.29 is 23.8 Å². The van der Waals surface area contributed by atoms with E-state index in [1.54, 1.807) is 21.3 Å². The van der Waals surface area contributed by atoms with Gasteiger partial charge in [-0.15, -0.1) is 0 Å². The van der Waals surface area contributed by atoms with E-state index in [9.17, 15) is 9.59 Å². The Kier molecular flexibility index (Phi) is 6.55. The lowest BCUT2D eigenvalue weighted by atomic mass is 9.87. The standard InChI is InChI=1S/C22H32N2O5/c1-13(2)10-23-21(25)17-12-24(22(26)14-6-7-14)11-16(17)15-8-18(27-3)20(29-5)19(9-15)28-4/h8-9,13-14,16-17H,6-7,10-12H2,1-5H3,(H,23,25)/t16-,17+/m0/s1. The van der Waals surface area contributed by atoms with E-state index in [0.29, 0.717) is 42.8 Å². The predicted molar refractivity (Wildman–Crippen MR) is 109 cm³/mol. The number of methoxy groups -OCH3 is 3. The van der Waals surface area contributed by atoms with Crippen LogP contribution in [0.3, 0.4) is 0 Å². The first kappa shape index (κ1) is 21.3. The second-order valence-corrected chi connectivity index (χ2v) is 8.33. The highest BCUT2D eigenvalue weighted by atomic mass is 16.5. The molecule has 1 aromatic rings. The molecule has 0 aromatic heterocycles. The number of nitrogens with one attached hydrogen (secondary N) is 1. The smallest absolute Gasteiger partial charge is 0.225 e. The Morgan fingerprint density at radius 1 is 1.07 bits per heavy atom. The average molecular weight is 405 g/mol. The fraction of sp³-hybridized carbons (Fsp3) is 0.636. The molecule has 1 aliphatic carbocycles. The first-order valence-corrected chi connectivity index (χ1v) is 10.3. The largest absolute Gasteiger partial charge is 0.493 e. The van der Waals surface area contributed by atoms with Gasteiger partial charge in [-0.3, -0.25) is 9.59 Å². The fourth-order valence-electron chi connectivity index (χ4n) is 3.93. The van der Waals surface area contributed by atoms with Gasteiger partial charge in [0.05, 0.1) is 27.2 Å². The lowest BCUT2D eigenvalue weighted by Crippen LogP contribution is -2.37. The molecule has 7 nitrogen and oxygen atoms in total. The highest BCUT2D eigenvalue weighted by Crippen LogP contribution is 2.44. The molecule has 1 aromatic carbocycles. The van der Waals surface area contributed by atoms with Gasteiger partial charge in [0.1, 0.15) is 0 Å². The number of amides is 2. The Labute approximate surface area is 172 Å². The molecule has 29 heavy (non-hydrogen) atoms. The maximum Gasteiger partial charge on any atom is 0.225 e. The fourth-order valence-corrected chi connectivity index (χ4v) is 3.93. The molecule has 2 amide bonds. The van der Waals surface area contributed by atoms with E-state index in [1.807, 2.05) is 17.0 Å². The average Bonchev–Trinajstić information content (AvgIpc) is 3.48. The number of hydrogen-bond donors (Lipinski definition) is 1. The van der Waals surface area contributed by atoms with Crippen LogP contribution in [-0.2, 0) is 9.59 Å². The van der Waals surface area contributed by atoms with Crippen molar-refractivity contribution >= 4 is 11.8 Å².